The van der Waals surface area contributed by atoms with Crippen molar-refractivity contribution in [3.05, 3.63) is 83.2 Å². The van der Waals surface area contributed by atoms with Gasteiger partial charge in [-0.2, -0.15) is 8.42 Å². The summed E-state index contributed by atoms with van der Waals surface area (Å²) in [7, 11) is -4.49. The van der Waals surface area contributed by atoms with Crippen molar-refractivity contribution in [2.45, 2.75) is 52.0 Å². The fourth-order valence-electron chi connectivity index (χ4n) is 4.49. The zero-order valence-corrected chi connectivity index (χ0v) is 23.1. The predicted molar refractivity (Wildman–Crippen MR) is 147 cm³/mol. The number of hydrogen-bond donors (Lipinski definition) is 2. The first-order valence-corrected chi connectivity index (χ1v) is 14.1. The van der Waals surface area contributed by atoms with Crippen LogP contribution in [0.2, 0.25) is 0 Å². The molecule has 0 spiro atoms. The van der Waals surface area contributed by atoms with Crippen LogP contribution in [0.3, 0.4) is 0 Å². The van der Waals surface area contributed by atoms with Gasteiger partial charge in [-0.1, -0.05) is 63.2 Å². The molecule has 39 heavy (non-hydrogen) atoms. The minimum atomic E-state index is -4.49. The number of rotatable bonds is 9. The molecule has 0 fully saturated rings. The lowest BCUT2D eigenvalue weighted by atomic mass is 10.0. The van der Waals surface area contributed by atoms with Gasteiger partial charge in [-0.05, 0) is 48.2 Å². The lowest BCUT2D eigenvalue weighted by Crippen LogP contribution is -2.36. The Morgan fingerprint density at radius 3 is 2.33 bits per heavy atom. The van der Waals surface area contributed by atoms with Gasteiger partial charge >= 0.3 is 5.97 Å². The Balaban J connectivity index is 1.72. The summed E-state index contributed by atoms with van der Waals surface area (Å²) in [5, 5.41) is 19.8. The Morgan fingerprint density at radius 1 is 1.05 bits per heavy atom. The molecule has 0 radical (unpaired) electrons. The molecule has 204 valence electrons. The molecule has 0 atom stereocenters. The van der Waals surface area contributed by atoms with E-state index in [-0.39, 0.29) is 14.9 Å². The molecule has 4 aromatic rings. The first kappa shape index (κ1) is 28.0. The van der Waals surface area contributed by atoms with Crippen molar-refractivity contribution in [2.24, 2.45) is 5.92 Å². The number of aryl methyl sites for hydroxylation is 2. The largest absolute Gasteiger partial charge is 0.478 e. The van der Waals surface area contributed by atoms with Crippen molar-refractivity contribution >= 4 is 32.9 Å². The minimum absolute atomic E-state index is 0.183. The van der Waals surface area contributed by atoms with E-state index >= 15 is 0 Å². The van der Waals surface area contributed by atoms with E-state index in [1.165, 1.54) is 26.0 Å². The number of aromatic carboxylic acids is 1. The van der Waals surface area contributed by atoms with Crippen LogP contribution in [0.25, 0.3) is 22.2 Å². The lowest BCUT2D eigenvalue weighted by Gasteiger charge is -2.19. The van der Waals surface area contributed by atoms with Gasteiger partial charge < -0.3 is 9.67 Å². The molecule has 0 bridgehead atoms. The molecular weight excluding hydrogens is 518 g/mol. The van der Waals surface area contributed by atoms with Crippen LogP contribution in [0.4, 0.5) is 0 Å². The highest BCUT2D eigenvalue weighted by atomic mass is 32.2. The molecule has 0 aliphatic rings. The molecule has 10 heteroatoms. The third kappa shape index (κ3) is 5.43. The minimum Gasteiger partial charge on any atom is -0.478 e. The molecule has 9 nitrogen and oxygen atoms in total. The fraction of sp³-hybridized carbons (Fsp3) is 0.276. The summed E-state index contributed by atoms with van der Waals surface area (Å²) >= 11 is 0. The monoisotopic (exact) mass is 549 g/mol. The van der Waals surface area contributed by atoms with E-state index in [0.717, 1.165) is 40.8 Å². The van der Waals surface area contributed by atoms with Gasteiger partial charge in [0.1, 0.15) is 5.82 Å². The van der Waals surface area contributed by atoms with Crippen LogP contribution in [0.15, 0.2) is 65.6 Å². The van der Waals surface area contributed by atoms with Crippen LogP contribution in [0, 0.1) is 12.8 Å². The molecule has 1 heterocycles. The van der Waals surface area contributed by atoms with Crippen molar-refractivity contribution in [1.29, 1.82) is 0 Å². The number of sulfonamides is 1. The summed E-state index contributed by atoms with van der Waals surface area (Å²) in [6.45, 7) is 7.36. The maximum absolute atomic E-state index is 13.1. The van der Waals surface area contributed by atoms with E-state index in [1.54, 1.807) is 36.4 Å². The molecule has 3 aromatic carbocycles. The molecular formula is C29H31N3O6S. The van der Waals surface area contributed by atoms with Gasteiger partial charge in [0, 0.05) is 24.4 Å². The normalized spacial score (nSPS) is 11.7. The highest BCUT2D eigenvalue weighted by molar-refractivity contribution is 7.89. The first-order chi connectivity index (χ1) is 18.4. The third-order valence-electron chi connectivity index (χ3n) is 6.52. The van der Waals surface area contributed by atoms with E-state index in [0.29, 0.717) is 17.7 Å². The molecule has 4 rings (SSSR count). The Bertz CT molecular complexity index is 1660. The number of carboxylic acid groups (broad SMARTS) is 1. The topological polar surface area (TPSA) is 130 Å². The lowest BCUT2D eigenvalue weighted by molar-refractivity contribution is -0.149. The Kier molecular flexibility index (Phi) is 7.89. The quantitative estimate of drug-likeness (QED) is 0.215. The van der Waals surface area contributed by atoms with Crippen LogP contribution < -0.4 is 0 Å². The summed E-state index contributed by atoms with van der Waals surface area (Å²) in [5.74, 6) is -1.77. The molecule has 0 aliphatic carbocycles. The number of nitrogens with zero attached hydrogens (tertiary/aromatic N) is 3. The van der Waals surface area contributed by atoms with Gasteiger partial charge in [-0.3, -0.25) is 10.0 Å². The molecule has 1 aromatic heterocycles. The molecule has 1 amide bonds. The van der Waals surface area contributed by atoms with E-state index < -0.39 is 27.8 Å². The van der Waals surface area contributed by atoms with E-state index in [4.69, 9.17) is 4.98 Å². The third-order valence-corrected chi connectivity index (χ3v) is 8.07. The van der Waals surface area contributed by atoms with Crippen LogP contribution in [0.1, 0.15) is 54.5 Å². The summed E-state index contributed by atoms with van der Waals surface area (Å²) in [5.41, 5.74) is 4.36. The number of benzene rings is 3. The number of hydroxylamine groups is 1. The molecule has 0 unspecified atom stereocenters. The Hall–Kier alpha value is -4.02. The maximum atomic E-state index is 13.1. The second-order valence-corrected chi connectivity index (χ2v) is 11.5. The van der Waals surface area contributed by atoms with Gasteiger partial charge in [0.25, 0.3) is 15.9 Å². The SMILES string of the molecule is CCCc1nc2c(C)cc(C(=O)O)cc2n1Cc1ccc(-c2ccccc2S(=O)(=O)N(O)C(=O)C(C)C)cc1. The number of hydrogen-bond acceptors (Lipinski definition) is 6. The predicted octanol–water partition coefficient (Wildman–Crippen LogP) is 5.27. The molecule has 0 saturated heterocycles. The van der Waals surface area contributed by atoms with E-state index in [1.807, 2.05) is 23.6 Å². The zero-order valence-electron chi connectivity index (χ0n) is 22.2. The summed E-state index contributed by atoms with van der Waals surface area (Å²) in [6, 6.07) is 16.8. The summed E-state index contributed by atoms with van der Waals surface area (Å²) in [6.07, 6.45) is 1.60. The average molecular weight is 550 g/mol. The standard InChI is InChI=1S/C29H31N3O6S/c1-5-8-26-30-27-19(4)15-22(29(34)35)16-24(27)31(26)17-20-11-13-21(14-12-20)23-9-6-7-10-25(23)39(37,38)32(36)28(33)18(2)3/h6-7,9-16,18,36H,5,8,17H2,1-4H3,(H,34,35). The number of amides is 1. The van der Waals surface area contributed by atoms with Gasteiger partial charge in [-0.25, -0.2) is 9.78 Å². The highest BCUT2D eigenvalue weighted by Gasteiger charge is 2.31. The number of aromatic nitrogens is 2. The van der Waals surface area contributed by atoms with Crippen molar-refractivity contribution in [3.63, 3.8) is 0 Å². The zero-order chi connectivity index (χ0) is 28.5. The van der Waals surface area contributed by atoms with Crippen molar-refractivity contribution in [2.75, 3.05) is 0 Å². The Labute approximate surface area is 227 Å². The fourth-order valence-corrected chi connectivity index (χ4v) is 5.84. The number of fused-ring (bicyclic) bond motifs is 1. The smallest absolute Gasteiger partial charge is 0.335 e. The number of carbonyl (C=O) groups is 2. The highest BCUT2D eigenvalue weighted by Crippen LogP contribution is 2.30. The van der Waals surface area contributed by atoms with Crippen molar-refractivity contribution < 1.29 is 28.3 Å². The first-order valence-electron chi connectivity index (χ1n) is 12.6. The van der Waals surface area contributed by atoms with Crippen molar-refractivity contribution in [1.82, 2.24) is 14.0 Å². The second-order valence-electron chi connectivity index (χ2n) is 9.76. The van der Waals surface area contributed by atoms with Crippen LogP contribution in [-0.2, 0) is 27.8 Å². The van der Waals surface area contributed by atoms with Gasteiger partial charge in [0.2, 0.25) is 0 Å². The number of carboxylic acids is 1. The summed E-state index contributed by atoms with van der Waals surface area (Å²) < 4.78 is 28.0. The number of imidazole rings is 1. The molecule has 0 aliphatic heterocycles. The van der Waals surface area contributed by atoms with Gasteiger partial charge in [-0.15, -0.1) is 4.47 Å². The summed E-state index contributed by atoms with van der Waals surface area (Å²) in [4.78, 5) is 28.5. The van der Waals surface area contributed by atoms with E-state index in [9.17, 15) is 28.3 Å². The van der Waals surface area contributed by atoms with Crippen LogP contribution in [0.5, 0.6) is 0 Å². The van der Waals surface area contributed by atoms with Gasteiger partial charge in [0.05, 0.1) is 21.5 Å². The number of carbonyl (C=O) groups excluding carboxylic acids is 1. The Morgan fingerprint density at radius 2 is 1.72 bits per heavy atom. The van der Waals surface area contributed by atoms with Gasteiger partial charge in [0.15, 0.2) is 0 Å². The van der Waals surface area contributed by atoms with E-state index in [2.05, 4.69) is 6.92 Å². The molecule has 0 saturated carbocycles. The maximum Gasteiger partial charge on any atom is 0.335 e. The van der Waals surface area contributed by atoms with Crippen molar-refractivity contribution in [3.8, 4) is 11.1 Å². The molecule has 2 N–H and O–H groups in total. The van der Waals surface area contributed by atoms with Crippen LogP contribution >= 0.6 is 0 Å². The average Bonchev–Trinajstić information content (AvgIpc) is 3.25. The second kappa shape index (κ2) is 11.0. The van der Waals surface area contributed by atoms with Crippen LogP contribution in [-0.4, -0.2) is 44.6 Å².